The molecule has 3 saturated heterocycles. The highest BCUT2D eigenvalue weighted by Gasteiger charge is 2.59. The number of cyclic esters (lactones) is 1. The quantitative estimate of drug-likeness (QED) is 0.136. The molecule has 2 N–H and O–H groups in total. The first kappa shape index (κ1) is 47.8. The van der Waals surface area contributed by atoms with E-state index in [1.165, 1.54) is 14.0 Å². The van der Waals surface area contributed by atoms with Gasteiger partial charge in [0.15, 0.2) is 23.8 Å². The minimum Gasteiger partial charge on any atom is -0.457 e. The van der Waals surface area contributed by atoms with Gasteiger partial charge < -0.3 is 53.1 Å². The summed E-state index contributed by atoms with van der Waals surface area (Å²) in [5, 5.41) is 27.7. The lowest BCUT2D eigenvalue weighted by Crippen LogP contribution is -2.65. The number of ketones is 1. The van der Waals surface area contributed by atoms with E-state index >= 15 is 0 Å². The second-order valence-electron chi connectivity index (χ2n) is 17.0. The first-order chi connectivity index (χ1) is 28.9. The Kier molecular flexibility index (Phi) is 15.9. The standard InChI is InChI=1S/C45H62N2O14/c1-11-32-45(7)39(59-43(53)60-45)26(3)33(46-61-41(52)30-20-16-13-17-21-30)25(2)22-44(6,54-10)38(27(4)35(48)28(5)40(51)57-32)58-42-37(50)34(47(8)9)36(49)31(56-42)24-55-23-29-18-14-12-15-19-29/h12-21,25-28,31-32,34,36-39,42,49-50H,11,22-24H2,1-10H3/b46-33+/t25-,26+,27+,28-,31-,32?,34+,36-,37-,38-,39-,42+,44-,45-/m1/s1. The van der Waals surface area contributed by atoms with Gasteiger partial charge in [-0.1, -0.05) is 81.4 Å². The average Bonchev–Trinajstić information content (AvgIpc) is 3.56. The summed E-state index contributed by atoms with van der Waals surface area (Å²) in [4.78, 5) is 61.8. The Hall–Kier alpha value is -4.29. The summed E-state index contributed by atoms with van der Waals surface area (Å²) >= 11 is 0. The molecule has 0 aliphatic carbocycles. The normalized spacial score (nSPS) is 37.0. The van der Waals surface area contributed by atoms with Crippen LogP contribution in [0.2, 0.25) is 0 Å². The highest BCUT2D eigenvalue weighted by atomic mass is 16.8. The fourth-order valence-corrected chi connectivity index (χ4v) is 8.94. The van der Waals surface area contributed by atoms with Gasteiger partial charge >= 0.3 is 18.1 Å². The molecule has 3 aliphatic heterocycles. The zero-order valence-corrected chi connectivity index (χ0v) is 36.7. The first-order valence-corrected chi connectivity index (χ1v) is 20.8. The zero-order chi connectivity index (χ0) is 44.8. The topological polar surface area (TPSA) is 198 Å². The number of ether oxygens (including phenoxy) is 7. The van der Waals surface area contributed by atoms with Gasteiger partial charge in [0.25, 0.3) is 0 Å². The SMILES string of the molecule is CCC1OC(=O)[C@H](C)C(=O)[C@H](C)[C@@H](O[C@@H]2O[C@H](COCc3ccccc3)[C@@H](O)[C@H](N(C)C)[C@H]2O)[C@](C)(OC)C[C@@H](C)/C(=N\OC(=O)c2ccccc2)[C@H](C)[C@H]2OC(=O)O[C@]12C. The van der Waals surface area contributed by atoms with Gasteiger partial charge in [-0.25, -0.2) is 9.59 Å². The van der Waals surface area contributed by atoms with Crippen LogP contribution in [0.5, 0.6) is 0 Å². The van der Waals surface area contributed by atoms with Crippen LogP contribution in [-0.4, -0.2) is 133 Å². The number of rotatable bonds is 11. The van der Waals surface area contributed by atoms with E-state index in [2.05, 4.69) is 5.16 Å². The van der Waals surface area contributed by atoms with Crippen LogP contribution >= 0.6 is 0 Å². The Balaban J connectivity index is 1.56. The third-order valence-electron chi connectivity index (χ3n) is 12.4. The molecule has 16 heteroatoms. The van der Waals surface area contributed by atoms with Crippen molar-refractivity contribution in [2.24, 2.45) is 28.8 Å². The molecular weight excluding hydrogens is 792 g/mol. The van der Waals surface area contributed by atoms with Crippen molar-refractivity contribution in [2.45, 2.75) is 128 Å². The van der Waals surface area contributed by atoms with Gasteiger partial charge in [-0.2, -0.15) is 0 Å². The van der Waals surface area contributed by atoms with Crippen LogP contribution in [-0.2, 0) is 54.2 Å². The van der Waals surface area contributed by atoms with Crippen LogP contribution in [0.4, 0.5) is 4.79 Å². The maximum Gasteiger partial charge on any atom is 0.509 e. The largest absolute Gasteiger partial charge is 0.509 e. The molecule has 0 spiro atoms. The molecule has 0 radical (unpaired) electrons. The number of benzene rings is 2. The molecule has 61 heavy (non-hydrogen) atoms. The first-order valence-electron chi connectivity index (χ1n) is 20.8. The van der Waals surface area contributed by atoms with E-state index in [9.17, 15) is 29.4 Å². The Morgan fingerprint density at radius 3 is 2.16 bits per heavy atom. The molecule has 0 aromatic heterocycles. The lowest BCUT2D eigenvalue weighted by atomic mass is 9.74. The summed E-state index contributed by atoms with van der Waals surface area (Å²) in [7, 11) is 4.85. The highest BCUT2D eigenvalue weighted by molar-refractivity contribution is 6.00. The van der Waals surface area contributed by atoms with Gasteiger partial charge in [0.05, 0.1) is 42.2 Å². The number of methoxy groups -OCH3 is 1. The molecule has 0 amide bonds. The number of fused-ring (bicyclic) bond motifs is 1. The van der Waals surface area contributed by atoms with Crippen molar-refractivity contribution in [3.63, 3.8) is 0 Å². The summed E-state index contributed by atoms with van der Waals surface area (Å²) in [6.07, 6.45) is -9.15. The minimum absolute atomic E-state index is 0.0539. The molecule has 16 nitrogen and oxygen atoms in total. The third kappa shape index (κ3) is 10.5. The Bertz CT molecular complexity index is 1850. The van der Waals surface area contributed by atoms with E-state index in [-0.39, 0.29) is 37.3 Å². The number of nitrogens with zero attached hydrogens (tertiary/aromatic N) is 2. The Morgan fingerprint density at radius 1 is 0.918 bits per heavy atom. The molecule has 3 fully saturated rings. The number of hydrogen-bond donors (Lipinski definition) is 2. The second-order valence-corrected chi connectivity index (χ2v) is 17.0. The Morgan fingerprint density at radius 2 is 1.56 bits per heavy atom. The molecule has 2 aromatic carbocycles. The number of carbonyl (C=O) groups is 4. The molecule has 3 aliphatic rings. The van der Waals surface area contributed by atoms with E-state index in [4.69, 9.17) is 38.0 Å². The number of Topliss-reactive ketones (excluding diaryl/α,β-unsaturated/α-hetero) is 1. The van der Waals surface area contributed by atoms with Crippen molar-refractivity contribution >= 4 is 29.6 Å². The van der Waals surface area contributed by atoms with Gasteiger partial charge in [-0.3, -0.25) is 9.59 Å². The number of likely N-dealkylation sites (N-methyl/N-ethyl adjacent to an activating group) is 1. The molecule has 0 saturated carbocycles. The number of aliphatic hydroxyl groups excluding tert-OH is 2. The monoisotopic (exact) mass is 854 g/mol. The molecular formula is C45H62N2O14. The lowest BCUT2D eigenvalue weighted by Gasteiger charge is -2.48. The van der Waals surface area contributed by atoms with Crippen LogP contribution in [0, 0.1) is 23.7 Å². The van der Waals surface area contributed by atoms with Crippen molar-refractivity contribution in [1.29, 1.82) is 0 Å². The minimum atomic E-state index is -1.54. The van der Waals surface area contributed by atoms with Crippen molar-refractivity contribution in [3.8, 4) is 0 Å². The zero-order valence-electron chi connectivity index (χ0n) is 36.7. The van der Waals surface area contributed by atoms with Crippen molar-refractivity contribution in [1.82, 2.24) is 4.90 Å². The van der Waals surface area contributed by atoms with Crippen LogP contribution in [0.3, 0.4) is 0 Å². The molecule has 336 valence electrons. The van der Waals surface area contributed by atoms with E-state index < -0.39 is 108 Å². The van der Waals surface area contributed by atoms with Crippen molar-refractivity contribution < 1.29 is 67.4 Å². The summed E-state index contributed by atoms with van der Waals surface area (Å²) < 4.78 is 42.8. The second kappa shape index (κ2) is 20.3. The molecule has 2 aromatic rings. The number of aliphatic hydroxyl groups is 2. The van der Waals surface area contributed by atoms with Gasteiger partial charge in [0.2, 0.25) is 0 Å². The van der Waals surface area contributed by atoms with Gasteiger partial charge in [0, 0.05) is 24.9 Å². The number of carbonyl (C=O) groups excluding carboxylic acids is 4. The predicted molar refractivity (Wildman–Crippen MR) is 220 cm³/mol. The summed E-state index contributed by atoms with van der Waals surface area (Å²) in [5.41, 5.74) is -1.53. The Labute approximate surface area is 357 Å². The maximum atomic E-state index is 14.5. The molecule has 3 heterocycles. The van der Waals surface area contributed by atoms with Gasteiger partial charge in [0.1, 0.15) is 30.3 Å². The maximum absolute atomic E-state index is 14.5. The number of oxime groups is 1. The van der Waals surface area contributed by atoms with Crippen LogP contribution in [0.1, 0.15) is 77.2 Å². The predicted octanol–water partition coefficient (Wildman–Crippen LogP) is 4.72. The fourth-order valence-electron chi connectivity index (χ4n) is 8.94. The van der Waals surface area contributed by atoms with Crippen LogP contribution in [0.15, 0.2) is 65.8 Å². The molecule has 1 unspecified atom stereocenters. The summed E-state index contributed by atoms with van der Waals surface area (Å²) in [6.45, 7) is 11.8. The van der Waals surface area contributed by atoms with E-state index in [0.717, 1.165) is 5.56 Å². The van der Waals surface area contributed by atoms with Crippen LogP contribution in [0.25, 0.3) is 0 Å². The smallest absolute Gasteiger partial charge is 0.457 e. The van der Waals surface area contributed by atoms with Crippen molar-refractivity contribution in [2.75, 3.05) is 27.8 Å². The average molecular weight is 855 g/mol. The summed E-state index contributed by atoms with van der Waals surface area (Å²) in [6, 6.07) is 16.9. The molecule has 5 rings (SSSR count). The van der Waals surface area contributed by atoms with Gasteiger partial charge in [-0.05, 0) is 65.4 Å². The lowest BCUT2D eigenvalue weighted by molar-refractivity contribution is -0.320. The summed E-state index contributed by atoms with van der Waals surface area (Å²) in [5.74, 6) is -6.02. The third-order valence-corrected chi connectivity index (χ3v) is 12.4. The number of hydrogen-bond acceptors (Lipinski definition) is 16. The molecule has 14 atom stereocenters. The highest BCUT2D eigenvalue weighted by Crippen LogP contribution is 2.42. The van der Waals surface area contributed by atoms with E-state index in [0.29, 0.717) is 0 Å². The fraction of sp³-hybridized carbons (Fsp3) is 0.622. The molecule has 0 bridgehead atoms. The number of esters is 1. The van der Waals surface area contributed by atoms with Gasteiger partial charge in [-0.15, -0.1) is 0 Å². The van der Waals surface area contributed by atoms with Crippen LogP contribution < -0.4 is 0 Å². The van der Waals surface area contributed by atoms with Crippen molar-refractivity contribution in [3.05, 3.63) is 71.8 Å². The van der Waals surface area contributed by atoms with E-state index in [1.807, 2.05) is 37.3 Å². The van der Waals surface area contributed by atoms with E-state index in [1.54, 1.807) is 83.9 Å².